The summed E-state index contributed by atoms with van der Waals surface area (Å²) in [6.07, 6.45) is 3.86. The number of methoxy groups -OCH3 is 1. The molecule has 3 aliphatic rings. The maximum absolute atomic E-state index is 10.6. The van der Waals surface area contributed by atoms with E-state index in [4.69, 9.17) is 9.47 Å². The van der Waals surface area contributed by atoms with E-state index >= 15 is 0 Å². The Morgan fingerprint density at radius 2 is 2.14 bits per heavy atom. The first-order valence-electron chi connectivity index (χ1n) is 7.91. The topological polar surface area (TPSA) is 41.9 Å². The molecule has 1 saturated heterocycles. The van der Waals surface area contributed by atoms with Gasteiger partial charge in [-0.1, -0.05) is 0 Å². The highest BCUT2D eigenvalue weighted by molar-refractivity contribution is 5.44. The summed E-state index contributed by atoms with van der Waals surface area (Å²) in [4.78, 5) is 2.57. The minimum Gasteiger partial charge on any atom is -0.497 e. The molecule has 1 spiro atoms. The number of hydrogen-bond acceptors (Lipinski definition) is 4. The second kappa shape index (κ2) is 4.62. The molecule has 1 N–H and O–H groups in total. The van der Waals surface area contributed by atoms with Gasteiger partial charge in [0.15, 0.2) is 0 Å². The standard InChI is InChI=1S/C17H23NO3/c1-11-8-17(10-18(11)12-3-4-12)9-15(19)14-7-13(20-2)5-6-16(14)21-17/h5-7,11-12,15,19H,3-4,8-10H2,1-2H3/t11?,15-,17?/m1/s1. The van der Waals surface area contributed by atoms with Crippen LogP contribution in [0.1, 0.15) is 44.3 Å². The molecule has 21 heavy (non-hydrogen) atoms. The molecule has 4 heteroatoms. The molecule has 1 saturated carbocycles. The lowest BCUT2D eigenvalue weighted by Crippen LogP contribution is -2.44. The van der Waals surface area contributed by atoms with E-state index in [2.05, 4.69) is 11.8 Å². The highest BCUT2D eigenvalue weighted by Crippen LogP contribution is 2.48. The quantitative estimate of drug-likeness (QED) is 0.908. The maximum atomic E-state index is 10.6. The molecule has 3 atom stereocenters. The number of nitrogens with zero attached hydrogens (tertiary/aromatic N) is 1. The Bertz CT molecular complexity index is 557. The predicted molar refractivity (Wildman–Crippen MR) is 79.7 cm³/mol. The largest absolute Gasteiger partial charge is 0.497 e. The first kappa shape index (κ1) is 13.4. The van der Waals surface area contributed by atoms with Gasteiger partial charge in [-0.05, 0) is 38.0 Å². The Balaban J connectivity index is 1.62. The molecule has 0 bridgehead atoms. The third-order valence-electron chi connectivity index (χ3n) is 5.19. The van der Waals surface area contributed by atoms with E-state index in [0.717, 1.165) is 36.1 Å². The van der Waals surface area contributed by atoms with Crippen LogP contribution in [-0.2, 0) is 0 Å². The van der Waals surface area contributed by atoms with E-state index in [0.29, 0.717) is 12.5 Å². The molecule has 0 radical (unpaired) electrons. The van der Waals surface area contributed by atoms with E-state index in [1.54, 1.807) is 7.11 Å². The summed E-state index contributed by atoms with van der Waals surface area (Å²) < 4.78 is 11.6. The average Bonchev–Trinajstić information content (AvgIpc) is 3.25. The fourth-order valence-electron chi connectivity index (χ4n) is 4.07. The summed E-state index contributed by atoms with van der Waals surface area (Å²) >= 11 is 0. The van der Waals surface area contributed by atoms with Gasteiger partial charge >= 0.3 is 0 Å². The van der Waals surface area contributed by atoms with E-state index in [1.165, 1.54) is 12.8 Å². The zero-order valence-electron chi connectivity index (χ0n) is 12.7. The zero-order valence-corrected chi connectivity index (χ0v) is 12.7. The summed E-state index contributed by atoms with van der Waals surface area (Å²) in [6.45, 7) is 3.23. The number of likely N-dealkylation sites (tertiary alicyclic amines) is 1. The number of ether oxygens (including phenoxy) is 2. The molecule has 1 aromatic rings. The third-order valence-corrected chi connectivity index (χ3v) is 5.19. The number of hydrogen-bond donors (Lipinski definition) is 1. The van der Waals surface area contributed by atoms with Crippen LogP contribution in [0.25, 0.3) is 0 Å². The highest BCUT2D eigenvalue weighted by Gasteiger charge is 2.51. The smallest absolute Gasteiger partial charge is 0.126 e. The van der Waals surface area contributed by atoms with Crippen LogP contribution in [0, 0.1) is 0 Å². The fraction of sp³-hybridized carbons (Fsp3) is 0.647. The monoisotopic (exact) mass is 289 g/mol. The average molecular weight is 289 g/mol. The summed E-state index contributed by atoms with van der Waals surface area (Å²) in [5, 5.41) is 10.6. The zero-order chi connectivity index (χ0) is 14.6. The second-order valence-electron chi connectivity index (χ2n) is 6.87. The fourth-order valence-corrected chi connectivity index (χ4v) is 4.07. The van der Waals surface area contributed by atoms with E-state index in [-0.39, 0.29) is 5.60 Å². The minimum atomic E-state index is -0.463. The van der Waals surface area contributed by atoms with Crippen LogP contribution >= 0.6 is 0 Å². The number of benzene rings is 1. The van der Waals surface area contributed by atoms with Gasteiger partial charge in [0.2, 0.25) is 0 Å². The van der Waals surface area contributed by atoms with Gasteiger partial charge in [0.25, 0.3) is 0 Å². The molecular weight excluding hydrogens is 266 g/mol. The number of fused-ring (bicyclic) bond motifs is 1. The lowest BCUT2D eigenvalue weighted by Gasteiger charge is -2.38. The van der Waals surface area contributed by atoms with Crippen LogP contribution in [-0.4, -0.2) is 41.3 Å². The van der Waals surface area contributed by atoms with Crippen LogP contribution in [0.2, 0.25) is 0 Å². The molecule has 2 unspecified atom stereocenters. The van der Waals surface area contributed by atoms with Crippen molar-refractivity contribution < 1.29 is 14.6 Å². The van der Waals surface area contributed by atoms with Gasteiger partial charge in [0, 0.05) is 37.0 Å². The van der Waals surface area contributed by atoms with Crippen molar-refractivity contribution in [2.24, 2.45) is 0 Å². The molecule has 4 nitrogen and oxygen atoms in total. The molecule has 2 heterocycles. The predicted octanol–water partition coefficient (Wildman–Crippen LogP) is 2.51. The third kappa shape index (κ3) is 2.21. The summed E-state index contributed by atoms with van der Waals surface area (Å²) in [5.41, 5.74) is 0.640. The van der Waals surface area contributed by atoms with E-state index in [1.807, 2.05) is 18.2 Å². The first-order chi connectivity index (χ1) is 10.1. The van der Waals surface area contributed by atoms with Gasteiger partial charge in [-0.15, -0.1) is 0 Å². The molecule has 1 aliphatic carbocycles. The lowest BCUT2D eigenvalue weighted by atomic mass is 9.87. The highest BCUT2D eigenvalue weighted by atomic mass is 16.5. The Morgan fingerprint density at radius 1 is 1.33 bits per heavy atom. The molecule has 2 aliphatic heterocycles. The van der Waals surface area contributed by atoms with Gasteiger partial charge in [-0.25, -0.2) is 0 Å². The summed E-state index contributed by atoms with van der Waals surface area (Å²) in [5.74, 6) is 1.59. The van der Waals surface area contributed by atoms with Crippen LogP contribution < -0.4 is 9.47 Å². The number of aliphatic hydroxyl groups is 1. The molecule has 0 aromatic heterocycles. The van der Waals surface area contributed by atoms with Crippen molar-refractivity contribution in [2.45, 2.75) is 56.4 Å². The Labute approximate surface area is 125 Å². The first-order valence-corrected chi connectivity index (χ1v) is 7.91. The Hall–Kier alpha value is -1.26. The maximum Gasteiger partial charge on any atom is 0.126 e. The van der Waals surface area contributed by atoms with E-state index < -0.39 is 6.10 Å². The molecule has 1 aromatic carbocycles. The Morgan fingerprint density at radius 3 is 2.86 bits per heavy atom. The summed E-state index contributed by atoms with van der Waals surface area (Å²) in [6, 6.07) is 7.02. The van der Waals surface area contributed by atoms with Crippen LogP contribution in [0.3, 0.4) is 0 Å². The van der Waals surface area contributed by atoms with Crippen molar-refractivity contribution >= 4 is 0 Å². The Kier molecular flexibility index (Phi) is 2.95. The molecule has 2 fully saturated rings. The van der Waals surface area contributed by atoms with Gasteiger partial charge in [0.05, 0.1) is 13.2 Å². The molecule has 0 amide bonds. The van der Waals surface area contributed by atoms with Crippen molar-refractivity contribution in [1.82, 2.24) is 4.90 Å². The summed E-state index contributed by atoms with van der Waals surface area (Å²) in [7, 11) is 1.64. The molecule has 4 rings (SSSR count). The number of aliphatic hydroxyl groups excluding tert-OH is 1. The van der Waals surface area contributed by atoms with E-state index in [9.17, 15) is 5.11 Å². The van der Waals surface area contributed by atoms with Crippen molar-refractivity contribution in [2.75, 3.05) is 13.7 Å². The SMILES string of the molecule is COc1ccc2c(c1)[C@H](O)CC1(CC(C)N(C3CC3)C1)O2. The molecule has 114 valence electrons. The van der Waals surface area contributed by atoms with Crippen LogP contribution in [0.15, 0.2) is 18.2 Å². The minimum absolute atomic E-state index is 0.219. The van der Waals surface area contributed by atoms with Crippen molar-refractivity contribution in [3.63, 3.8) is 0 Å². The van der Waals surface area contributed by atoms with Gasteiger partial charge in [0.1, 0.15) is 17.1 Å². The van der Waals surface area contributed by atoms with Crippen LogP contribution in [0.4, 0.5) is 0 Å². The number of rotatable bonds is 2. The lowest BCUT2D eigenvalue weighted by molar-refractivity contribution is -0.00789. The van der Waals surface area contributed by atoms with Gasteiger partial charge in [-0.2, -0.15) is 0 Å². The van der Waals surface area contributed by atoms with Gasteiger partial charge in [-0.3, -0.25) is 4.90 Å². The van der Waals surface area contributed by atoms with Crippen molar-refractivity contribution in [3.8, 4) is 11.5 Å². The van der Waals surface area contributed by atoms with Gasteiger partial charge < -0.3 is 14.6 Å². The second-order valence-corrected chi connectivity index (χ2v) is 6.87. The normalized spacial score (nSPS) is 35.6. The molecular formula is C17H23NO3. The van der Waals surface area contributed by atoms with Crippen LogP contribution in [0.5, 0.6) is 11.5 Å². The van der Waals surface area contributed by atoms with Crippen molar-refractivity contribution in [1.29, 1.82) is 0 Å². The van der Waals surface area contributed by atoms with Crippen molar-refractivity contribution in [3.05, 3.63) is 23.8 Å².